The van der Waals surface area contributed by atoms with Gasteiger partial charge in [0.15, 0.2) is 0 Å². The summed E-state index contributed by atoms with van der Waals surface area (Å²) < 4.78 is 0. The Labute approximate surface area is 209 Å². The lowest BCUT2D eigenvalue weighted by Gasteiger charge is -2.32. The van der Waals surface area contributed by atoms with Crippen LogP contribution in [0.4, 0.5) is 10.5 Å². The number of amides is 3. The summed E-state index contributed by atoms with van der Waals surface area (Å²) in [7, 11) is 0. The summed E-state index contributed by atoms with van der Waals surface area (Å²) in [5, 5.41) is 9.11. The lowest BCUT2D eigenvalue weighted by Crippen LogP contribution is -2.49. The number of para-hydroxylation sites is 1. The van der Waals surface area contributed by atoms with Gasteiger partial charge in [0.1, 0.15) is 0 Å². The number of hydrogen-bond donors (Lipinski definition) is 3. The van der Waals surface area contributed by atoms with E-state index in [1.54, 1.807) is 0 Å². The quantitative estimate of drug-likeness (QED) is 0.540. The summed E-state index contributed by atoms with van der Waals surface area (Å²) in [5.74, 6) is 0.752. The molecule has 0 saturated carbocycles. The molecule has 0 spiro atoms. The van der Waals surface area contributed by atoms with E-state index in [4.69, 9.17) is 0 Å². The number of nitrogens with zero attached hydrogens (tertiary/aromatic N) is 2. The van der Waals surface area contributed by atoms with Gasteiger partial charge in [-0.25, -0.2) is 4.79 Å². The molecule has 188 valence electrons. The van der Waals surface area contributed by atoms with Crippen LogP contribution in [-0.2, 0) is 17.9 Å². The zero-order chi connectivity index (χ0) is 24.5. The van der Waals surface area contributed by atoms with Gasteiger partial charge in [0.2, 0.25) is 5.91 Å². The van der Waals surface area contributed by atoms with E-state index in [-0.39, 0.29) is 18.0 Å². The molecule has 0 bridgehead atoms. The number of carbonyl (C=O) groups is 2. The third-order valence-electron chi connectivity index (χ3n) is 7.04. The van der Waals surface area contributed by atoms with Crippen molar-refractivity contribution < 1.29 is 9.59 Å². The lowest BCUT2D eigenvalue weighted by molar-refractivity contribution is -0.117. The van der Waals surface area contributed by atoms with Crippen LogP contribution in [0.5, 0.6) is 0 Å². The van der Waals surface area contributed by atoms with E-state index in [0.717, 1.165) is 57.2 Å². The number of benzene rings is 2. The molecule has 1 atom stereocenters. The Kier molecular flexibility index (Phi) is 9.15. The third kappa shape index (κ3) is 8.08. The number of piperidine rings is 2. The molecule has 4 rings (SSSR count). The molecule has 2 saturated heterocycles. The van der Waals surface area contributed by atoms with Crippen molar-refractivity contribution in [2.45, 2.75) is 51.7 Å². The largest absolute Gasteiger partial charge is 0.335 e. The van der Waals surface area contributed by atoms with Gasteiger partial charge in [-0.3, -0.25) is 14.6 Å². The number of nitrogens with one attached hydrogen (secondary N) is 3. The molecule has 2 heterocycles. The SMILES string of the molecule is CC1CCCN(Cc2ccccc2CNC(=O)NC2CCN(CC(=O)Nc3ccccc3)CC2)C1. The third-order valence-corrected chi connectivity index (χ3v) is 7.04. The molecular weight excluding hydrogens is 438 g/mol. The van der Waals surface area contributed by atoms with E-state index in [1.807, 2.05) is 36.4 Å². The molecular formula is C28H39N5O2. The summed E-state index contributed by atoms with van der Waals surface area (Å²) in [4.78, 5) is 29.5. The van der Waals surface area contributed by atoms with Crippen molar-refractivity contribution in [3.63, 3.8) is 0 Å². The number of likely N-dealkylation sites (tertiary alicyclic amines) is 2. The number of urea groups is 1. The van der Waals surface area contributed by atoms with Gasteiger partial charge in [0.05, 0.1) is 6.54 Å². The van der Waals surface area contributed by atoms with Gasteiger partial charge in [-0.2, -0.15) is 0 Å². The molecule has 2 aromatic carbocycles. The smallest absolute Gasteiger partial charge is 0.315 e. The predicted molar refractivity (Wildman–Crippen MR) is 140 cm³/mol. The maximum atomic E-state index is 12.6. The molecule has 0 radical (unpaired) electrons. The van der Waals surface area contributed by atoms with Crippen molar-refractivity contribution in [2.24, 2.45) is 5.92 Å². The second-order valence-electron chi connectivity index (χ2n) is 10.0. The molecule has 7 heteroatoms. The standard InChI is InChI=1S/C28H39N5O2/c1-22-8-7-15-33(19-22)20-24-10-6-5-9-23(24)18-29-28(35)31-26-13-16-32(17-14-26)21-27(34)30-25-11-3-2-4-12-25/h2-6,9-12,22,26H,7-8,13-21H2,1H3,(H,30,34)(H2,29,31,35). The summed E-state index contributed by atoms with van der Waals surface area (Å²) in [6, 6.07) is 18.0. The van der Waals surface area contributed by atoms with Crippen molar-refractivity contribution in [3.8, 4) is 0 Å². The Hall–Kier alpha value is -2.90. The van der Waals surface area contributed by atoms with Crippen LogP contribution in [0.3, 0.4) is 0 Å². The van der Waals surface area contributed by atoms with E-state index < -0.39 is 0 Å². The molecule has 1 unspecified atom stereocenters. The Morgan fingerprint density at radius 3 is 2.34 bits per heavy atom. The van der Waals surface area contributed by atoms with Crippen LogP contribution < -0.4 is 16.0 Å². The van der Waals surface area contributed by atoms with Gasteiger partial charge in [0.25, 0.3) is 0 Å². The van der Waals surface area contributed by atoms with E-state index in [0.29, 0.717) is 13.1 Å². The Morgan fingerprint density at radius 2 is 1.60 bits per heavy atom. The van der Waals surface area contributed by atoms with Gasteiger partial charge >= 0.3 is 6.03 Å². The van der Waals surface area contributed by atoms with Crippen LogP contribution in [0.2, 0.25) is 0 Å². The number of anilines is 1. The first kappa shape index (κ1) is 25.2. The zero-order valence-corrected chi connectivity index (χ0v) is 20.8. The van der Waals surface area contributed by atoms with Crippen LogP contribution in [0.1, 0.15) is 43.7 Å². The summed E-state index contributed by atoms with van der Waals surface area (Å²) in [6.45, 7) is 8.07. The zero-order valence-electron chi connectivity index (χ0n) is 20.8. The average molecular weight is 478 g/mol. The van der Waals surface area contributed by atoms with Gasteiger partial charge in [0, 0.05) is 44.5 Å². The minimum absolute atomic E-state index is 0.00183. The molecule has 2 aromatic rings. The highest BCUT2D eigenvalue weighted by Crippen LogP contribution is 2.19. The molecule has 2 fully saturated rings. The lowest BCUT2D eigenvalue weighted by atomic mass is 9.99. The Balaban J connectivity index is 1.17. The molecule has 3 N–H and O–H groups in total. The van der Waals surface area contributed by atoms with E-state index in [9.17, 15) is 9.59 Å². The maximum absolute atomic E-state index is 12.6. The van der Waals surface area contributed by atoms with Crippen molar-refractivity contribution in [1.29, 1.82) is 0 Å². The van der Waals surface area contributed by atoms with Crippen molar-refractivity contribution in [3.05, 3.63) is 65.7 Å². The summed E-state index contributed by atoms with van der Waals surface area (Å²) in [6.07, 6.45) is 4.27. The van der Waals surface area contributed by atoms with Crippen LogP contribution in [-0.4, -0.2) is 60.5 Å². The maximum Gasteiger partial charge on any atom is 0.315 e. The molecule has 0 aliphatic carbocycles. The number of rotatable bonds is 8. The highest BCUT2D eigenvalue weighted by molar-refractivity contribution is 5.92. The van der Waals surface area contributed by atoms with Gasteiger partial charge < -0.3 is 16.0 Å². The highest BCUT2D eigenvalue weighted by Gasteiger charge is 2.22. The monoisotopic (exact) mass is 477 g/mol. The second-order valence-corrected chi connectivity index (χ2v) is 10.0. The average Bonchev–Trinajstić information content (AvgIpc) is 2.85. The van der Waals surface area contributed by atoms with Crippen molar-refractivity contribution in [2.75, 3.05) is 38.0 Å². The van der Waals surface area contributed by atoms with Crippen LogP contribution in [0, 0.1) is 5.92 Å². The fraction of sp³-hybridized carbons (Fsp3) is 0.500. The minimum Gasteiger partial charge on any atom is -0.335 e. The first-order valence-corrected chi connectivity index (χ1v) is 13.0. The highest BCUT2D eigenvalue weighted by atomic mass is 16.2. The fourth-order valence-electron chi connectivity index (χ4n) is 5.13. The Morgan fingerprint density at radius 1 is 0.886 bits per heavy atom. The molecule has 2 aliphatic rings. The van der Waals surface area contributed by atoms with Crippen LogP contribution in [0.25, 0.3) is 0 Å². The van der Waals surface area contributed by atoms with E-state index in [1.165, 1.54) is 24.0 Å². The molecule has 2 aliphatic heterocycles. The first-order chi connectivity index (χ1) is 17.0. The fourth-order valence-corrected chi connectivity index (χ4v) is 5.13. The molecule has 0 aromatic heterocycles. The van der Waals surface area contributed by atoms with Crippen LogP contribution in [0.15, 0.2) is 54.6 Å². The summed E-state index contributed by atoms with van der Waals surface area (Å²) in [5.41, 5.74) is 3.29. The second kappa shape index (κ2) is 12.7. The number of carbonyl (C=O) groups excluding carboxylic acids is 2. The minimum atomic E-state index is -0.119. The normalized spacial score (nSPS) is 19.7. The number of hydrogen-bond acceptors (Lipinski definition) is 4. The molecule has 35 heavy (non-hydrogen) atoms. The van der Waals surface area contributed by atoms with Gasteiger partial charge in [-0.15, -0.1) is 0 Å². The topological polar surface area (TPSA) is 76.7 Å². The first-order valence-electron chi connectivity index (χ1n) is 13.0. The molecule has 3 amide bonds. The van der Waals surface area contributed by atoms with Crippen molar-refractivity contribution in [1.82, 2.24) is 20.4 Å². The van der Waals surface area contributed by atoms with Gasteiger partial charge in [-0.05, 0) is 61.4 Å². The van der Waals surface area contributed by atoms with Crippen molar-refractivity contribution >= 4 is 17.6 Å². The van der Waals surface area contributed by atoms with Crippen LogP contribution >= 0.6 is 0 Å². The van der Waals surface area contributed by atoms with E-state index >= 15 is 0 Å². The predicted octanol–water partition coefficient (Wildman–Crippen LogP) is 3.82. The van der Waals surface area contributed by atoms with E-state index in [2.05, 4.69) is 50.9 Å². The Bertz CT molecular complexity index is 959. The van der Waals surface area contributed by atoms with Gasteiger partial charge in [-0.1, -0.05) is 49.4 Å². The summed E-state index contributed by atoms with van der Waals surface area (Å²) >= 11 is 0. The molecule has 7 nitrogen and oxygen atoms in total.